The molecule has 0 aliphatic carbocycles. The second kappa shape index (κ2) is 16.2. The first-order valence-corrected chi connectivity index (χ1v) is 18.8. The van der Waals surface area contributed by atoms with Crippen molar-refractivity contribution in [3.63, 3.8) is 0 Å². The van der Waals surface area contributed by atoms with Crippen LogP contribution in [0.15, 0.2) is 133 Å². The van der Waals surface area contributed by atoms with Gasteiger partial charge in [-0.25, -0.2) is 0 Å². The summed E-state index contributed by atoms with van der Waals surface area (Å²) in [5.74, 6) is 23.8. The minimum Gasteiger partial charge on any atom is -0.166 e. The molecule has 0 aliphatic heterocycles. The lowest BCUT2D eigenvalue weighted by Crippen LogP contribution is -2.04. The van der Waals surface area contributed by atoms with E-state index in [0.29, 0.717) is 54.6 Å². The minimum atomic E-state index is -4.57. The summed E-state index contributed by atoms with van der Waals surface area (Å²) in [7, 11) is 0. The molecule has 0 N–H and O–H groups in total. The molecule has 8 aromatic rings. The molecule has 0 nitrogen and oxygen atoms in total. The average Bonchev–Trinajstić information content (AvgIpc) is 3.25. The highest BCUT2D eigenvalue weighted by Gasteiger charge is 2.32. The molecule has 0 amide bonds. The van der Waals surface area contributed by atoms with Crippen LogP contribution in [-0.2, 0) is 24.7 Å². The Labute approximate surface area is 356 Å². The fourth-order valence-electron chi connectivity index (χ4n) is 6.93. The number of hydrogen-bond acceptors (Lipinski definition) is 0. The zero-order valence-corrected chi connectivity index (χ0v) is 32.2. The van der Waals surface area contributed by atoms with E-state index in [1.54, 1.807) is 36.4 Å². The van der Waals surface area contributed by atoms with E-state index in [9.17, 15) is 52.7 Å². The first-order valence-electron chi connectivity index (χ1n) is 18.8. The first-order chi connectivity index (χ1) is 30.2. The molecule has 0 aromatic heterocycles. The smallest absolute Gasteiger partial charge is 0.166 e. The number of hydrogen-bond donors (Lipinski definition) is 0. The van der Waals surface area contributed by atoms with Crippen LogP contribution in [0.4, 0.5) is 52.7 Å². The normalized spacial score (nSPS) is 11.9. The minimum absolute atomic E-state index is 0.262. The van der Waals surface area contributed by atoms with Crippen LogP contribution in [0, 0.1) is 47.4 Å². The highest BCUT2D eigenvalue weighted by molar-refractivity contribution is 6.26. The standard InChI is InChI=1S/C52H22F12/c53-49(54,55)39-17-5-31(6-18-39)1-13-35-29-36(14-2-32-7-19-40(20-8-32)50(56,57)58)44-27-28-46-38(16-4-34-11-23-42(24-12-34)52(62,63)64)30-37(45-26-25-43(35)47(44)48(45)46)15-3-33-9-21-41(22-10-33)51(59,60)61/h5-12,17-30H. The van der Waals surface area contributed by atoms with Crippen LogP contribution in [0.3, 0.4) is 0 Å². The molecular formula is C52H22F12. The van der Waals surface area contributed by atoms with Crippen molar-refractivity contribution in [2.45, 2.75) is 24.7 Å². The Kier molecular flexibility index (Phi) is 10.8. The number of rotatable bonds is 0. The Balaban J connectivity index is 1.36. The number of alkyl halides is 12. The Bertz CT molecular complexity index is 2890. The van der Waals surface area contributed by atoms with Crippen molar-refractivity contribution in [2.24, 2.45) is 0 Å². The van der Waals surface area contributed by atoms with Crippen LogP contribution in [-0.4, -0.2) is 0 Å². The van der Waals surface area contributed by atoms with Gasteiger partial charge in [0.25, 0.3) is 0 Å². The zero-order chi connectivity index (χ0) is 45.6. The monoisotopic (exact) mass is 874 g/mol. The summed E-state index contributed by atoms with van der Waals surface area (Å²) in [6, 6.07) is 27.3. The maximum absolute atomic E-state index is 13.3. The van der Waals surface area contributed by atoms with Crippen LogP contribution in [0.2, 0.25) is 0 Å². The molecule has 0 atom stereocenters. The summed E-state index contributed by atoms with van der Waals surface area (Å²) < 4.78 is 160. The Morgan fingerprint density at radius 3 is 0.594 bits per heavy atom. The van der Waals surface area contributed by atoms with E-state index in [2.05, 4.69) is 47.4 Å². The second-order valence-corrected chi connectivity index (χ2v) is 14.3. The first kappa shape index (κ1) is 42.9. The van der Waals surface area contributed by atoms with Crippen molar-refractivity contribution in [3.8, 4) is 47.4 Å². The van der Waals surface area contributed by atoms with Gasteiger partial charge in [0.2, 0.25) is 0 Å². The SMILES string of the molecule is FC(F)(F)c1ccc(C#Cc2cc(C#Cc3ccc(C(F)(F)F)cc3)c3ccc4c(C#Cc5ccc(C(F)(F)F)cc5)cc(C#Cc5ccc(C(F)(F)F)cc5)c5ccc2c3c54)cc1. The lowest BCUT2D eigenvalue weighted by atomic mass is 9.86. The molecule has 8 aromatic carbocycles. The van der Waals surface area contributed by atoms with Gasteiger partial charge in [0.05, 0.1) is 22.3 Å². The van der Waals surface area contributed by atoms with E-state index >= 15 is 0 Å². The van der Waals surface area contributed by atoms with Crippen LogP contribution < -0.4 is 0 Å². The molecule has 0 heterocycles. The van der Waals surface area contributed by atoms with Crippen molar-refractivity contribution in [1.29, 1.82) is 0 Å². The summed E-state index contributed by atoms with van der Waals surface area (Å²) in [6.07, 6.45) is -18.3. The van der Waals surface area contributed by atoms with Crippen molar-refractivity contribution < 1.29 is 52.7 Å². The molecule has 64 heavy (non-hydrogen) atoms. The number of benzene rings is 8. The van der Waals surface area contributed by atoms with Gasteiger partial charge in [0.1, 0.15) is 0 Å². The fraction of sp³-hybridized carbons (Fsp3) is 0.0769. The second-order valence-electron chi connectivity index (χ2n) is 14.3. The van der Waals surface area contributed by atoms with Crippen molar-refractivity contribution in [2.75, 3.05) is 0 Å². The Morgan fingerprint density at radius 1 is 0.234 bits per heavy atom. The third-order valence-electron chi connectivity index (χ3n) is 10.1. The van der Waals surface area contributed by atoms with Gasteiger partial charge in [-0.2, -0.15) is 52.7 Å². The van der Waals surface area contributed by atoms with Gasteiger partial charge in [0.15, 0.2) is 0 Å². The lowest BCUT2D eigenvalue weighted by Gasteiger charge is -2.16. The molecule has 8 rings (SSSR count). The van der Waals surface area contributed by atoms with Crippen LogP contribution in [0.1, 0.15) is 66.8 Å². The topological polar surface area (TPSA) is 0 Å². The molecule has 12 heteroatoms. The van der Waals surface area contributed by atoms with E-state index in [1.807, 2.05) is 0 Å². The molecule has 0 bridgehead atoms. The summed E-state index contributed by atoms with van der Waals surface area (Å²) in [5, 5.41) is 3.46. The summed E-state index contributed by atoms with van der Waals surface area (Å²) >= 11 is 0. The van der Waals surface area contributed by atoms with Crippen LogP contribution in [0.5, 0.6) is 0 Å². The predicted molar refractivity (Wildman–Crippen MR) is 220 cm³/mol. The maximum Gasteiger partial charge on any atom is 0.416 e. The molecule has 0 spiro atoms. The molecular weight excluding hydrogens is 853 g/mol. The van der Waals surface area contributed by atoms with Gasteiger partial charge >= 0.3 is 24.7 Å². The van der Waals surface area contributed by atoms with Gasteiger partial charge in [0, 0.05) is 44.5 Å². The van der Waals surface area contributed by atoms with Crippen LogP contribution in [0.25, 0.3) is 32.3 Å². The lowest BCUT2D eigenvalue weighted by molar-refractivity contribution is -0.138. The van der Waals surface area contributed by atoms with Crippen molar-refractivity contribution in [3.05, 3.63) is 200 Å². The fourth-order valence-corrected chi connectivity index (χ4v) is 6.93. The molecule has 0 radical (unpaired) electrons. The quantitative estimate of drug-likeness (QED) is 0.0809. The summed E-state index contributed by atoms with van der Waals surface area (Å²) in [6.45, 7) is 0. The van der Waals surface area contributed by atoms with E-state index in [1.165, 1.54) is 48.5 Å². The van der Waals surface area contributed by atoms with Gasteiger partial charge in [-0.1, -0.05) is 71.6 Å². The third-order valence-corrected chi connectivity index (χ3v) is 10.1. The van der Waals surface area contributed by atoms with Crippen molar-refractivity contribution in [1.82, 2.24) is 0 Å². The van der Waals surface area contributed by atoms with E-state index in [-0.39, 0.29) is 22.3 Å². The average molecular weight is 875 g/mol. The summed E-state index contributed by atoms with van der Waals surface area (Å²) in [4.78, 5) is 0. The van der Waals surface area contributed by atoms with E-state index in [4.69, 9.17) is 0 Å². The molecule has 0 saturated carbocycles. The third kappa shape index (κ3) is 9.05. The van der Waals surface area contributed by atoms with Gasteiger partial charge in [-0.05, 0) is 142 Å². The molecule has 0 saturated heterocycles. The largest absolute Gasteiger partial charge is 0.416 e. The van der Waals surface area contributed by atoms with E-state index < -0.39 is 47.0 Å². The molecule has 0 aliphatic rings. The van der Waals surface area contributed by atoms with Gasteiger partial charge in [-0.15, -0.1) is 0 Å². The van der Waals surface area contributed by atoms with Gasteiger partial charge < -0.3 is 0 Å². The molecule has 314 valence electrons. The Hall–Kier alpha value is -7.80. The highest BCUT2D eigenvalue weighted by Crippen LogP contribution is 2.41. The van der Waals surface area contributed by atoms with Crippen LogP contribution >= 0.6 is 0 Å². The van der Waals surface area contributed by atoms with E-state index in [0.717, 1.165) is 48.5 Å². The molecule has 0 fully saturated rings. The number of halogens is 12. The maximum atomic E-state index is 13.3. The highest BCUT2D eigenvalue weighted by atomic mass is 19.4. The van der Waals surface area contributed by atoms with Crippen molar-refractivity contribution >= 4 is 32.3 Å². The van der Waals surface area contributed by atoms with Gasteiger partial charge in [-0.3, -0.25) is 0 Å². The molecule has 0 unspecified atom stereocenters. The zero-order valence-electron chi connectivity index (χ0n) is 32.2. The predicted octanol–water partition coefficient (Wildman–Crippen LogP) is 14.3. The Morgan fingerprint density at radius 2 is 0.422 bits per heavy atom. The summed E-state index contributed by atoms with van der Waals surface area (Å²) in [5.41, 5.74) is -0.867.